The molecule has 1 aliphatic heterocycles. The van der Waals surface area contributed by atoms with Gasteiger partial charge in [0.15, 0.2) is 29.1 Å². The number of benzene rings is 1. The summed E-state index contributed by atoms with van der Waals surface area (Å²) in [6.45, 7) is 10.6. The monoisotopic (exact) mass is 1030 g/mol. The molecule has 1 aromatic rings. The van der Waals surface area contributed by atoms with Gasteiger partial charge in [-0.15, -0.1) is 0 Å². The van der Waals surface area contributed by atoms with Gasteiger partial charge < -0.3 is 52.6 Å². The van der Waals surface area contributed by atoms with Crippen LogP contribution in [0.4, 0.5) is 0 Å². The molecule has 7 atom stereocenters. The zero-order valence-corrected chi connectivity index (χ0v) is 43.8. The van der Waals surface area contributed by atoms with Crippen LogP contribution in [0.2, 0.25) is 0 Å². The molecule has 1 heterocycles. The molecule has 2 rings (SSSR count). The summed E-state index contributed by atoms with van der Waals surface area (Å²) in [5.74, 6) is -10.0. The molecule has 1 aromatic carbocycles. The molecule has 7 unspecified atom stereocenters. The summed E-state index contributed by atoms with van der Waals surface area (Å²) in [6.07, 6.45) is -0.562. The Morgan fingerprint density at radius 3 is 2.01 bits per heavy atom. The second-order valence-corrected chi connectivity index (χ2v) is 19.9. The fraction of sp³-hybridized carbons (Fsp3) is 0.673. The van der Waals surface area contributed by atoms with Crippen molar-refractivity contribution in [2.75, 3.05) is 52.7 Å². The molecule has 1 fully saturated rings. The number of guanidine groups is 1. The van der Waals surface area contributed by atoms with Gasteiger partial charge in [0.05, 0.1) is 45.1 Å². The number of hydrogen-bond acceptors (Lipinski definition) is 14. The smallest absolute Gasteiger partial charge is 0.246 e. The number of ketones is 5. The van der Waals surface area contributed by atoms with E-state index >= 15 is 0 Å². The summed E-state index contributed by atoms with van der Waals surface area (Å²) in [5.41, 5.74) is 11.7. The van der Waals surface area contributed by atoms with Crippen LogP contribution in [-0.2, 0) is 63.8 Å². The lowest BCUT2D eigenvalue weighted by Gasteiger charge is -2.28. The lowest BCUT2D eigenvalue weighted by molar-refractivity contribution is -0.137. The van der Waals surface area contributed by atoms with Crippen molar-refractivity contribution in [1.29, 1.82) is 0 Å². The van der Waals surface area contributed by atoms with E-state index in [1.165, 1.54) is 6.92 Å². The van der Waals surface area contributed by atoms with Crippen molar-refractivity contribution in [3.8, 4) is 0 Å². The van der Waals surface area contributed by atoms with E-state index in [-0.39, 0.29) is 115 Å². The van der Waals surface area contributed by atoms with Crippen LogP contribution in [0.3, 0.4) is 0 Å². The molecule has 73 heavy (non-hydrogen) atoms. The zero-order chi connectivity index (χ0) is 54.6. The number of Topliss-reactive ketones (excluding diaryl/α,β-unsaturated/α-hetero) is 5. The molecule has 1 saturated heterocycles. The fourth-order valence-corrected chi connectivity index (χ4v) is 8.37. The van der Waals surface area contributed by atoms with Crippen LogP contribution in [0.15, 0.2) is 35.3 Å². The van der Waals surface area contributed by atoms with Crippen LogP contribution in [-0.4, -0.2) is 140 Å². The van der Waals surface area contributed by atoms with Gasteiger partial charge in [0.1, 0.15) is 18.4 Å². The minimum absolute atomic E-state index is 0.0251. The van der Waals surface area contributed by atoms with Crippen LogP contribution >= 0.6 is 0 Å². The topological polar surface area (TPSA) is 334 Å². The van der Waals surface area contributed by atoms with Crippen molar-refractivity contribution in [2.24, 2.45) is 57.9 Å². The van der Waals surface area contributed by atoms with Gasteiger partial charge in [-0.1, -0.05) is 71.9 Å². The summed E-state index contributed by atoms with van der Waals surface area (Å²) in [7, 11) is 0. The van der Waals surface area contributed by atoms with E-state index in [4.69, 9.17) is 20.9 Å². The number of aliphatic hydroxyl groups is 1. The Labute approximate surface area is 429 Å². The highest BCUT2D eigenvalue weighted by Gasteiger charge is 2.35. The summed E-state index contributed by atoms with van der Waals surface area (Å²) >= 11 is 0. The largest absolute Gasteiger partial charge is 0.394 e. The zero-order valence-electron chi connectivity index (χ0n) is 43.8. The highest BCUT2D eigenvalue weighted by molar-refractivity contribution is 5.97. The van der Waals surface area contributed by atoms with E-state index in [1.54, 1.807) is 58.0 Å². The summed E-state index contributed by atoms with van der Waals surface area (Å²) in [4.78, 5) is 139. The molecule has 408 valence electrons. The Morgan fingerprint density at radius 2 is 1.40 bits per heavy atom. The van der Waals surface area contributed by atoms with E-state index in [9.17, 15) is 53.1 Å². The van der Waals surface area contributed by atoms with Gasteiger partial charge in [-0.25, -0.2) is 0 Å². The number of aliphatic hydroxyl groups excluding tert-OH is 1. The molecule has 1 aliphatic rings. The third-order valence-corrected chi connectivity index (χ3v) is 12.6. The number of carbonyl (C=O) groups is 10. The molecular weight excluding hydrogens is 945 g/mol. The van der Waals surface area contributed by atoms with Crippen LogP contribution in [0.5, 0.6) is 0 Å². The van der Waals surface area contributed by atoms with Crippen LogP contribution < -0.4 is 38.1 Å². The lowest BCUT2D eigenvalue weighted by Crippen LogP contribution is -2.50. The van der Waals surface area contributed by atoms with Crippen LogP contribution in [0, 0.1) is 41.4 Å². The SMILES string of the molecule is CC(=O)C1CCC(=O)NCCOCCOCC(=O)NC(CO)C(=O)CC(C(C)C)C(=O)NC(C(C)C)C(=O)CC(Cc2ccccc2)C(=O)NCC(=O)CC(CC(C)C)C(=O)NC(CCCN=C(N)N)C(=O)C1. The Bertz CT molecular complexity index is 2020. The van der Waals surface area contributed by atoms with E-state index in [1.807, 2.05) is 13.8 Å². The Kier molecular flexibility index (Phi) is 29.2. The highest BCUT2D eigenvalue weighted by Crippen LogP contribution is 2.23. The molecule has 0 aromatic heterocycles. The second-order valence-electron chi connectivity index (χ2n) is 19.9. The first kappa shape index (κ1) is 63.2. The first-order chi connectivity index (χ1) is 34.5. The third-order valence-electron chi connectivity index (χ3n) is 12.6. The summed E-state index contributed by atoms with van der Waals surface area (Å²) in [6, 6.07) is 5.43. The maximum absolute atomic E-state index is 14.2. The lowest BCUT2D eigenvalue weighted by atomic mass is 9.85. The van der Waals surface area contributed by atoms with Gasteiger partial charge in [0.2, 0.25) is 29.5 Å². The number of nitrogens with two attached hydrogens (primary N) is 2. The molecule has 21 heteroatoms. The number of carbonyl (C=O) groups excluding carboxylic acids is 10. The maximum atomic E-state index is 14.2. The number of rotatable bonds is 12. The Hall–Kier alpha value is -5.93. The predicted octanol–water partition coefficient (Wildman–Crippen LogP) is 1.04. The van der Waals surface area contributed by atoms with Crippen molar-refractivity contribution < 1.29 is 62.5 Å². The molecule has 0 bridgehead atoms. The normalized spacial score (nSPS) is 24.6. The van der Waals surface area contributed by atoms with Crippen LogP contribution in [0.1, 0.15) is 112 Å². The number of nitrogens with one attached hydrogen (secondary N) is 5. The number of nitrogens with zero attached hydrogens (tertiary/aromatic N) is 1. The van der Waals surface area contributed by atoms with Crippen molar-refractivity contribution >= 4 is 64.4 Å². The molecule has 5 amide bonds. The quantitative estimate of drug-likeness (QED) is 0.0824. The third kappa shape index (κ3) is 25.0. The minimum atomic E-state index is -1.35. The van der Waals surface area contributed by atoms with Gasteiger partial charge in [0.25, 0.3) is 0 Å². The average molecular weight is 1030 g/mol. The molecule has 0 saturated carbocycles. The number of hydrogen-bond donors (Lipinski definition) is 8. The van der Waals surface area contributed by atoms with Crippen molar-refractivity contribution in [2.45, 2.75) is 131 Å². The number of aliphatic imine (C=N–C) groups is 1. The first-order valence-corrected chi connectivity index (χ1v) is 25.4. The summed E-state index contributed by atoms with van der Waals surface area (Å²) in [5, 5.41) is 23.5. The van der Waals surface area contributed by atoms with E-state index in [0.717, 1.165) is 5.56 Å². The highest BCUT2D eigenvalue weighted by atomic mass is 16.5. The van der Waals surface area contributed by atoms with Crippen LogP contribution in [0.25, 0.3) is 0 Å². The van der Waals surface area contributed by atoms with Crippen molar-refractivity contribution in [3.63, 3.8) is 0 Å². The average Bonchev–Trinajstić information content (AvgIpc) is 3.32. The predicted molar refractivity (Wildman–Crippen MR) is 272 cm³/mol. The Morgan fingerprint density at radius 1 is 0.726 bits per heavy atom. The standard InChI is InChI=1S/C52H82N8O13/c1-31(2)22-37-24-39(63)28-57-49(69)38(23-35-12-9-8-10-13-35)26-45(66)48(33(5)6)60-51(71)40(32(3)4)27-44(65)42(29-61)58-47(68)30-73-21-20-72-19-18-55-46(67)16-15-36(34(7)62)25-43(64)41(59-50(37)70)14-11-17-56-52(53)54/h8-10,12-13,31-33,36-38,40-42,48,61H,11,14-30H2,1-7H3,(H,55,67)(H,57,69)(H,58,68)(H,59,70)(H,60,71)(H4,53,54,56). The molecular formula is C52H82N8O13. The second kappa shape index (κ2) is 33.7. The molecule has 21 nitrogen and oxygen atoms in total. The maximum Gasteiger partial charge on any atom is 0.246 e. The molecule has 0 spiro atoms. The molecule has 10 N–H and O–H groups in total. The fourth-order valence-electron chi connectivity index (χ4n) is 8.37. The van der Waals surface area contributed by atoms with Gasteiger partial charge in [-0.2, -0.15) is 0 Å². The van der Waals surface area contributed by atoms with E-state index < -0.39 is 126 Å². The summed E-state index contributed by atoms with van der Waals surface area (Å²) < 4.78 is 10.8. The Balaban J connectivity index is 2.48. The van der Waals surface area contributed by atoms with Gasteiger partial charge in [0, 0.05) is 68.9 Å². The van der Waals surface area contributed by atoms with Gasteiger partial charge in [-0.3, -0.25) is 52.9 Å². The van der Waals surface area contributed by atoms with E-state index in [0.29, 0.717) is 0 Å². The van der Waals surface area contributed by atoms with Gasteiger partial charge >= 0.3 is 0 Å². The molecule has 0 radical (unpaired) electrons. The number of amides is 5. The molecule has 0 aliphatic carbocycles. The van der Waals surface area contributed by atoms with Crippen molar-refractivity contribution in [3.05, 3.63) is 35.9 Å². The van der Waals surface area contributed by atoms with E-state index in [2.05, 4.69) is 31.6 Å². The van der Waals surface area contributed by atoms with Crippen molar-refractivity contribution in [1.82, 2.24) is 26.6 Å². The minimum Gasteiger partial charge on any atom is -0.394 e. The first-order valence-electron chi connectivity index (χ1n) is 25.4. The number of ether oxygens (including phenoxy) is 2. The van der Waals surface area contributed by atoms with Gasteiger partial charge in [-0.05, 0) is 62.3 Å².